The molecule has 1 saturated carbocycles. The van der Waals surface area contributed by atoms with Crippen molar-refractivity contribution < 1.29 is 0 Å². The van der Waals surface area contributed by atoms with Crippen LogP contribution in [0.1, 0.15) is 18.4 Å². The second-order valence-electron chi connectivity index (χ2n) is 4.16. The van der Waals surface area contributed by atoms with E-state index in [9.17, 15) is 0 Å². The SMILES string of the molecule is NCC(Cc1ccc(Br)cc1)C1CC1. The lowest BCUT2D eigenvalue weighted by molar-refractivity contribution is 0.471. The van der Waals surface area contributed by atoms with Crippen LogP contribution in [0.5, 0.6) is 0 Å². The van der Waals surface area contributed by atoms with Gasteiger partial charge in [0.15, 0.2) is 0 Å². The van der Waals surface area contributed by atoms with Crippen LogP contribution >= 0.6 is 15.9 Å². The third kappa shape index (κ3) is 2.58. The highest BCUT2D eigenvalue weighted by Crippen LogP contribution is 2.37. The standard InChI is InChI=1S/C12H16BrN/c13-12-5-1-9(2-6-12)7-11(8-14)10-3-4-10/h1-2,5-6,10-11H,3-4,7-8,14H2. The summed E-state index contributed by atoms with van der Waals surface area (Å²) in [5, 5.41) is 0. The molecule has 2 heteroatoms. The molecule has 2 N–H and O–H groups in total. The van der Waals surface area contributed by atoms with Gasteiger partial charge in [-0.05, 0) is 55.3 Å². The average Bonchev–Trinajstić information content (AvgIpc) is 3.01. The zero-order chi connectivity index (χ0) is 9.97. The molecule has 1 fully saturated rings. The monoisotopic (exact) mass is 253 g/mol. The van der Waals surface area contributed by atoms with E-state index in [1.165, 1.54) is 18.4 Å². The fraction of sp³-hybridized carbons (Fsp3) is 0.500. The molecule has 0 heterocycles. The quantitative estimate of drug-likeness (QED) is 0.878. The molecular weight excluding hydrogens is 238 g/mol. The zero-order valence-corrected chi connectivity index (χ0v) is 9.83. The molecule has 76 valence electrons. The number of nitrogens with two attached hydrogens (primary N) is 1. The van der Waals surface area contributed by atoms with Crippen LogP contribution in [-0.4, -0.2) is 6.54 Å². The van der Waals surface area contributed by atoms with Crippen molar-refractivity contribution >= 4 is 15.9 Å². The number of rotatable bonds is 4. The first-order chi connectivity index (χ1) is 6.79. The Hall–Kier alpha value is -0.340. The molecule has 0 aliphatic heterocycles. The number of hydrogen-bond donors (Lipinski definition) is 1. The van der Waals surface area contributed by atoms with Crippen LogP contribution in [0.15, 0.2) is 28.7 Å². The third-order valence-corrected chi connectivity index (χ3v) is 3.53. The summed E-state index contributed by atoms with van der Waals surface area (Å²) < 4.78 is 1.15. The maximum atomic E-state index is 5.78. The van der Waals surface area contributed by atoms with Gasteiger partial charge in [0, 0.05) is 4.47 Å². The van der Waals surface area contributed by atoms with Crippen molar-refractivity contribution in [3.63, 3.8) is 0 Å². The maximum absolute atomic E-state index is 5.78. The van der Waals surface area contributed by atoms with E-state index in [-0.39, 0.29) is 0 Å². The van der Waals surface area contributed by atoms with E-state index in [0.29, 0.717) is 5.92 Å². The molecule has 0 saturated heterocycles. The fourth-order valence-electron chi connectivity index (χ4n) is 1.93. The molecular formula is C12H16BrN. The molecule has 0 aromatic heterocycles. The molecule has 1 atom stereocenters. The summed E-state index contributed by atoms with van der Waals surface area (Å²) in [6.45, 7) is 0.834. The highest BCUT2D eigenvalue weighted by atomic mass is 79.9. The van der Waals surface area contributed by atoms with Crippen molar-refractivity contribution in [2.75, 3.05) is 6.54 Å². The van der Waals surface area contributed by atoms with E-state index >= 15 is 0 Å². The molecule has 1 aromatic rings. The van der Waals surface area contributed by atoms with E-state index in [1.54, 1.807) is 0 Å². The first kappa shape index (κ1) is 10.2. The average molecular weight is 254 g/mol. The predicted octanol–water partition coefficient (Wildman–Crippen LogP) is 2.98. The van der Waals surface area contributed by atoms with Crippen LogP contribution in [0.4, 0.5) is 0 Å². The first-order valence-electron chi connectivity index (χ1n) is 5.24. The van der Waals surface area contributed by atoms with Crippen molar-refractivity contribution in [3.8, 4) is 0 Å². The zero-order valence-electron chi connectivity index (χ0n) is 8.25. The Kier molecular flexibility index (Phi) is 3.24. The van der Waals surface area contributed by atoms with Gasteiger partial charge in [-0.3, -0.25) is 0 Å². The van der Waals surface area contributed by atoms with Gasteiger partial charge in [-0.2, -0.15) is 0 Å². The lowest BCUT2D eigenvalue weighted by Crippen LogP contribution is -2.18. The van der Waals surface area contributed by atoms with Crippen molar-refractivity contribution in [3.05, 3.63) is 34.3 Å². The Bertz CT molecular complexity index is 290. The van der Waals surface area contributed by atoms with Crippen molar-refractivity contribution in [1.82, 2.24) is 0 Å². The summed E-state index contributed by atoms with van der Waals surface area (Å²) in [7, 11) is 0. The minimum atomic E-state index is 0.705. The highest BCUT2D eigenvalue weighted by molar-refractivity contribution is 9.10. The second-order valence-corrected chi connectivity index (χ2v) is 5.08. The number of benzene rings is 1. The van der Waals surface area contributed by atoms with E-state index in [0.717, 1.165) is 23.4 Å². The maximum Gasteiger partial charge on any atom is 0.0175 e. The molecule has 0 radical (unpaired) electrons. The first-order valence-corrected chi connectivity index (χ1v) is 6.03. The number of halogens is 1. The Balaban J connectivity index is 1.98. The highest BCUT2D eigenvalue weighted by Gasteiger charge is 2.29. The molecule has 1 aliphatic carbocycles. The van der Waals surface area contributed by atoms with Gasteiger partial charge in [0.1, 0.15) is 0 Å². The fourth-order valence-corrected chi connectivity index (χ4v) is 2.20. The van der Waals surface area contributed by atoms with Crippen LogP contribution in [0, 0.1) is 11.8 Å². The summed E-state index contributed by atoms with van der Waals surface area (Å²) >= 11 is 3.45. The van der Waals surface area contributed by atoms with Gasteiger partial charge in [-0.1, -0.05) is 28.1 Å². The van der Waals surface area contributed by atoms with Crippen LogP contribution < -0.4 is 5.73 Å². The molecule has 1 aromatic carbocycles. The molecule has 1 nitrogen and oxygen atoms in total. The van der Waals surface area contributed by atoms with Crippen LogP contribution in [0.3, 0.4) is 0 Å². The van der Waals surface area contributed by atoms with Gasteiger partial charge in [-0.25, -0.2) is 0 Å². The van der Waals surface area contributed by atoms with Crippen LogP contribution in [0.2, 0.25) is 0 Å². The van der Waals surface area contributed by atoms with E-state index in [1.807, 2.05) is 0 Å². The van der Waals surface area contributed by atoms with Gasteiger partial charge in [-0.15, -0.1) is 0 Å². The van der Waals surface area contributed by atoms with Gasteiger partial charge in [0.2, 0.25) is 0 Å². The number of hydrogen-bond acceptors (Lipinski definition) is 1. The Morgan fingerprint density at radius 2 is 1.93 bits per heavy atom. The lowest BCUT2D eigenvalue weighted by Gasteiger charge is -2.13. The largest absolute Gasteiger partial charge is 0.330 e. The Morgan fingerprint density at radius 1 is 1.29 bits per heavy atom. The van der Waals surface area contributed by atoms with E-state index < -0.39 is 0 Å². The molecule has 0 bridgehead atoms. The van der Waals surface area contributed by atoms with Gasteiger partial charge < -0.3 is 5.73 Å². The molecule has 1 aliphatic rings. The summed E-state index contributed by atoms with van der Waals surface area (Å²) in [6, 6.07) is 8.59. The molecule has 2 rings (SSSR count). The van der Waals surface area contributed by atoms with E-state index in [2.05, 4.69) is 40.2 Å². The topological polar surface area (TPSA) is 26.0 Å². The lowest BCUT2D eigenvalue weighted by atomic mass is 9.95. The minimum Gasteiger partial charge on any atom is -0.330 e. The third-order valence-electron chi connectivity index (χ3n) is 3.00. The van der Waals surface area contributed by atoms with Crippen molar-refractivity contribution in [2.45, 2.75) is 19.3 Å². The van der Waals surface area contributed by atoms with Gasteiger partial charge >= 0.3 is 0 Å². The van der Waals surface area contributed by atoms with Crippen LogP contribution in [0.25, 0.3) is 0 Å². The van der Waals surface area contributed by atoms with Crippen LogP contribution in [-0.2, 0) is 6.42 Å². The van der Waals surface area contributed by atoms with Crippen molar-refractivity contribution in [1.29, 1.82) is 0 Å². The van der Waals surface area contributed by atoms with Gasteiger partial charge in [0.25, 0.3) is 0 Å². The smallest absolute Gasteiger partial charge is 0.0175 e. The molecule has 14 heavy (non-hydrogen) atoms. The molecule has 1 unspecified atom stereocenters. The Labute approximate surface area is 93.8 Å². The molecule has 0 spiro atoms. The van der Waals surface area contributed by atoms with E-state index in [4.69, 9.17) is 5.73 Å². The second kappa shape index (κ2) is 4.45. The Morgan fingerprint density at radius 3 is 2.43 bits per heavy atom. The molecule has 0 amide bonds. The minimum absolute atomic E-state index is 0.705. The van der Waals surface area contributed by atoms with Gasteiger partial charge in [0.05, 0.1) is 0 Å². The summed E-state index contributed by atoms with van der Waals surface area (Å²) in [6.07, 6.45) is 3.92. The summed E-state index contributed by atoms with van der Waals surface area (Å²) in [4.78, 5) is 0. The van der Waals surface area contributed by atoms with Crippen molar-refractivity contribution in [2.24, 2.45) is 17.6 Å². The summed E-state index contributed by atoms with van der Waals surface area (Å²) in [5.74, 6) is 1.61. The normalized spacial score (nSPS) is 18.1. The predicted molar refractivity (Wildman–Crippen MR) is 63.1 cm³/mol. The summed E-state index contributed by atoms with van der Waals surface area (Å²) in [5.41, 5.74) is 7.19.